The summed E-state index contributed by atoms with van der Waals surface area (Å²) in [5, 5.41) is 14.0. The highest BCUT2D eigenvalue weighted by Gasteiger charge is 2.17. The van der Waals surface area contributed by atoms with Crippen molar-refractivity contribution in [3.05, 3.63) is 73.8 Å². The highest BCUT2D eigenvalue weighted by atomic mass is 35.5. The Hall–Kier alpha value is -2.78. The van der Waals surface area contributed by atoms with Gasteiger partial charge in [0, 0.05) is 40.9 Å². The SMILES string of the molecule is CCC(CC)COCCCc1cccc(-c2csc(NC(=O)c3cc(Cl)c(C=C(C)C(=O)O)c(Cl)c3)n2)c1F. The Kier molecular flexibility index (Phi) is 11.5. The van der Waals surface area contributed by atoms with Crippen LogP contribution in [0.15, 0.2) is 41.3 Å². The smallest absolute Gasteiger partial charge is 0.331 e. The Labute approximate surface area is 241 Å². The number of hydrogen-bond acceptors (Lipinski definition) is 5. The van der Waals surface area contributed by atoms with E-state index in [0.717, 1.165) is 19.4 Å². The number of aryl methyl sites for hydroxylation is 1. The number of nitrogens with zero attached hydrogens (tertiary/aromatic N) is 1. The van der Waals surface area contributed by atoms with Crippen molar-refractivity contribution in [2.24, 2.45) is 5.92 Å². The molecule has 10 heteroatoms. The zero-order valence-corrected chi connectivity index (χ0v) is 24.4. The van der Waals surface area contributed by atoms with Crippen LogP contribution in [0.4, 0.5) is 9.52 Å². The molecule has 39 heavy (non-hydrogen) atoms. The number of benzene rings is 2. The lowest BCUT2D eigenvalue weighted by atomic mass is 10.0. The fraction of sp³-hybridized carbons (Fsp3) is 0.345. The average Bonchev–Trinajstić information content (AvgIpc) is 3.36. The molecule has 0 radical (unpaired) electrons. The third-order valence-corrected chi connectivity index (χ3v) is 7.74. The maximum atomic E-state index is 15.3. The van der Waals surface area contributed by atoms with Crippen LogP contribution in [0, 0.1) is 11.7 Å². The first-order valence-electron chi connectivity index (χ1n) is 12.7. The van der Waals surface area contributed by atoms with E-state index < -0.39 is 11.9 Å². The number of amides is 1. The van der Waals surface area contributed by atoms with Crippen molar-refractivity contribution < 1.29 is 23.8 Å². The molecule has 1 amide bonds. The van der Waals surface area contributed by atoms with Gasteiger partial charge in [-0.1, -0.05) is 62.0 Å². The summed E-state index contributed by atoms with van der Waals surface area (Å²) in [6.45, 7) is 7.03. The molecule has 0 unspecified atom stereocenters. The van der Waals surface area contributed by atoms with Gasteiger partial charge in [-0.2, -0.15) is 0 Å². The number of carbonyl (C=O) groups excluding carboxylic acids is 1. The summed E-state index contributed by atoms with van der Waals surface area (Å²) in [4.78, 5) is 28.3. The van der Waals surface area contributed by atoms with Gasteiger partial charge in [-0.05, 0) is 55.5 Å². The van der Waals surface area contributed by atoms with Gasteiger partial charge in [-0.15, -0.1) is 11.3 Å². The second-order valence-corrected chi connectivity index (χ2v) is 10.8. The number of ether oxygens (including phenoxy) is 1. The normalized spacial score (nSPS) is 11.7. The van der Waals surface area contributed by atoms with E-state index in [1.165, 1.54) is 36.5 Å². The summed E-state index contributed by atoms with van der Waals surface area (Å²) in [6, 6.07) is 8.01. The van der Waals surface area contributed by atoms with E-state index >= 15 is 4.39 Å². The minimum atomic E-state index is -1.10. The first-order chi connectivity index (χ1) is 18.6. The Bertz CT molecular complexity index is 1330. The molecule has 2 aromatic carbocycles. The standard InChI is InChI=1S/C29H31Cl2FN2O4S/c1-4-18(5-2)15-38-11-7-9-19-8-6-10-21(26(19)32)25-16-39-29(33-25)34-27(35)20-13-23(30)22(24(31)14-20)12-17(3)28(36)37/h6,8,10,12-14,16,18H,4-5,7,9,11,15H2,1-3H3,(H,36,37)(H,33,34,35). The van der Waals surface area contributed by atoms with Crippen LogP contribution in [0.3, 0.4) is 0 Å². The first-order valence-corrected chi connectivity index (χ1v) is 14.3. The molecular formula is C29H31Cl2FN2O4S. The summed E-state index contributed by atoms with van der Waals surface area (Å²) in [5.74, 6) is -1.39. The van der Waals surface area contributed by atoms with Crippen molar-refractivity contribution in [3.63, 3.8) is 0 Å². The van der Waals surface area contributed by atoms with E-state index in [-0.39, 0.29) is 32.1 Å². The molecule has 0 aliphatic heterocycles. The fourth-order valence-electron chi connectivity index (χ4n) is 3.87. The van der Waals surface area contributed by atoms with E-state index in [1.807, 2.05) is 0 Å². The molecule has 3 aromatic rings. The monoisotopic (exact) mass is 592 g/mol. The zero-order chi connectivity index (χ0) is 28.5. The Morgan fingerprint density at radius 1 is 1.21 bits per heavy atom. The third-order valence-electron chi connectivity index (χ3n) is 6.36. The van der Waals surface area contributed by atoms with Crippen LogP contribution in [-0.4, -0.2) is 35.2 Å². The van der Waals surface area contributed by atoms with Crippen molar-refractivity contribution in [2.75, 3.05) is 18.5 Å². The van der Waals surface area contributed by atoms with Crippen molar-refractivity contribution in [1.82, 2.24) is 4.98 Å². The first kappa shape index (κ1) is 30.8. The van der Waals surface area contributed by atoms with Gasteiger partial charge in [0.25, 0.3) is 5.91 Å². The van der Waals surface area contributed by atoms with Crippen molar-refractivity contribution >= 4 is 57.6 Å². The quantitative estimate of drug-likeness (QED) is 0.154. The van der Waals surface area contributed by atoms with Crippen LogP contribution < -0.4 is 5.32 Å². The van der Waals surface area contributed by atoms with Gasteiger partial charge in [-0.3, -0.25) is 10.1 Å². The lowest BCUT2D eigenvalue weighted by Crippen LogP contribution is -2.12. The van der Waals surface area contributed by atoms with Crippen LogP contribution in [0.25, 0.3) is 17.3 Å². The van der Waals surface area contributed by atoms with E-state index in [9.17, 15) is 9.59 Å². The molecule has 2 N–H and O–H groups in total. The number of aromatic nitrogens is 1. The summed E-state index contributed by atoms with van der Waals surface area (Å²) >= 11 is 13.7. The molecule has 0 fully saturated rings. The number of carbonyl (C=O) groups is 2. The van der Waals surface area contributed by atoms with Crippen LogP contribution in [-0.2, 0) is 16.0 Å². The van der Waals surface area contributed by atoms with Gasteiger partial charge in [0.2, 0.25) is 0 Å². The molecular weight excluding hydrogens is 562 g/mol. The van der Waals surface area contributed by atoms with E-state index in [2.05, 4.69) is 24.1 Å². The summed E-state index contributed by atoms with van der Waals surface area (Å²) in [7, 11) is 0. The molecule has 0 saturated heterocycles. The van der Waals surface area contributed by atoms with Crippen LogP contribution in [0.5, 0.6) is 0 Å². The van der Waals surface area contributed by atoms with Crippen molar-refractivity contribution in [3.8, 4) is 11.3 Å². The number of nitrogens with one attached hydrogen (secondary N) is 1. The molecule has 0 atom stereocenters. The number of carboxylic acid groups (broad SMARTS) is 1. The van der Waals surface area contributed by atoms with E-state index in [0.29, 0.717) is 47.8 Å². The molecule has 0 aliphatic rings. The second-order valence-electron chi connectivity index (χ2n) is 9.12. The molecule has 6 nitrogen and oxygen atoms in total. The minimum Gasteiger partial charge on any atom is -0.478 e. The van der Waals surface area contributed by atoms with Gasteiger partial charge in [0.1, 0.15) is 5.82 Å². The highest BCUT2D eigenvalue weighted by molar-refractivity contribution is 7.14. The lowest BCUT2D eigenvalue weighted by Gasteiger charge is -2.12. The number of aliphatic carboxylic acids is 1. The third kappa shape index (κ3) is 8.35. The van der Waals surface area contributed by atoms with Gasteiger partial charge in [0.05, 0.1) is 15.7 Å². The van der Waals surface area contributed by atoms with Crippen molar-refractivity contribution in [2.45, 2.75) is 46.5 Å². The summed E-state index contributed by atoms with van der Waals surface area (Å²) in [6.07, 6.45) is 4.78. The molecule has 0 aliphatic carbocycles. The Morgan fingerprint density at radius 3 is 2.54 bits per heavy atom. The summed E-state index contributed by atoms with van der Waals surface area (Å²) < 4.78 is 21.0. The maximum Gasteiger partial charge on any atom is 0.331 e. The molecule has 1 heterocycles. The number of halogens is 3. The minimum absolute atomic E-state index is 0.0491. The molecule has 0 spiro atoms. The maximum absolute atomic E-state index is 15.3. The molecule has 0 bridgehead atoms. The largest absolute Gasteiger partial charge is 0.478 e. The molecule has 0 saturated carbocycles. The zero-order valence-electron chi connectivity index (χ0n) is 22.0. The number of hydrogen-bond donors (Lipinski definition) is 2. The fourth-order valence-corrected chi connectivity index (χ4v) is 5.17. The van der Waals surface area contributed by atoms with Crippen LogP contribution in [0.1, 0.15) is 61.5 Å². The van der Waals surface area contributed by atoms with Gasteiger partial charge >= 0.3 is 5.97 Å². The van der Waals surface area contributed by atoms with E-state index in [4.69, 9.17) is 33.0 Å². The van der Waals surface area contributed by atoms with Gasteiger partial charge < -0.3 is 9.84 Å². The number of anilines is 1. The lowest BCUT2D eigenvalue weighted by molar-refractivity contribution is -0.132. The summed E-state index contributed by atoms with van der Waals surface area (Å²) in [5.41, 5.74) is 1.89. The van der Waals surface area contributed by atoms with E-state index in [1.54, 1.807) is 23.6 Å². The Balaban J connectivity index is 1.67. The highest BCUT2D eigenvalue weighted by Crippen LogP contribution is 2.31. The molecule has 1 aromatic heterocycles. The van der Waals surface area contributed by atoms with Gasteiger partial charge in [-0.25, -0.2) is 14.2 Å². The second kappa shape index (κ2) is 14.6. The van der Waals surface area contributed by atoms with Crippen LogP contribution >= 0.6 is 34.5 Å². The topological polar surface area (TPSA) is 88.5 Å². The number of carboxylic acids is 1. The Morgan fingerprint density at radius 2 is 1.90 bits per heavy atom. The number of thiazole rings is 1. The molecule has 208 valence electrons. The average molecular weight is 594 g/mol. The van der Waals surface area contributed by atoms with Crippen LogP contribution in [0.2, 0.25) is 10.0 Å². The van der Waals surface area contributed by atoms with Crippen molar-refractivity contribution in [1.29, 1.82) is 0 Å². The predicted molar refractivity (Wildman–Crippen MR) is 156 cm³/mol. The molecule has 3 rings (SSSR count). The van der Waals surface area contributed by atoms with Gasteiger partial charge in [0.15, 0.2) is 5.13 Å². The number of rotatable bonds is 13. The predicted octanol–water partition coefficient (Wildman–Crippen LogP) is 8.38.